The summed E-state index contributed by atoms with van der Waals surface area (Å²) in [7, 11) is 0. The number of hydrogen-bond donors (Lipinski definition) is 2. The largest absolute Gasteiger partial charge is 0.365 e. The molecule has 1 aliphatic heterocycles. The molecule has 3 rings (SSSR count). The molecule has 0 aromatic heterocycles. The van der Waals surface area contributed by atoms with Gasteiger partial charge in [0.2, 0.25) is 0 Å². The molecule has 3 atom stereocenters. The van der Waals surface area contributed by atoms with E-state index in [9.17, 15) is 4.79 Å². The number of benzene rings is 1. The number of aryl methyl sites for hydroxylation is 1. The van der Waals surface area contributed by atoms with Crippen molar-refractivity contribution < 1.29 is 9.53 Å². The number of para-hydroxylation sites is 1. The average Bonchev–Trinajstić information content (AvgIpc) is 2.59. The molecule has 2 aliphatic rings. The molecule has 1 fully saturated rings. The summed E-state index contributed by atoms with van der Waals surface area (Å²) in [6.45, 7) is 0. The third kappa shape index (κ3) is 3.02. The van der Waals surface area contributed by atoms with Gasteiger partial charge in [-0.15, -0.1) is 0 Å². The van der Waals surface area contributed by atoms with E-state index >= 15 is 0 Å². The van der Waals surface area contributed by atoms with Crippen LogP contribution in [-0.2, 0) is 16.0 Å². The molecule has 0 bridgehead atoms. The summed E-state index contributed by atoms with van der Waals surface area (Å²) in [6, 6.07) is 8.19. The Kier molecular flexibility index (Phi) is 4.03. The van der Waals surface area contributed by atoms with E-state index in [1.807, 2.05) is 18.2 Å². The average molecular weight is 274 g/mol. The molecule has 3 unspecified atom stereocenters. The Balaban J connectivity index is 1.65. The lowest BCUT2D eigenvalue weighted by molar-refractivity contribution is -0.133. The van der Waals surface area contributed by atoms with Gasteiger partial charge in [0.1, 0.15) is 6.10 Å². The fourth-order valence-corrected chi connectivity index (χ4v) is 3.16. The lowest BCUT2D eigenvalue weighted by Crippen LogP contribution is -2.38. The van der Waals surface area contributed by atoms with Crippen LogP contribution >= 0.6 is 0 Å². The molecule has 0 saturated heterocycles. The minimum absolute atomic E-state index is 0.0194. The van der Waals surface area contributed by atoms with Crippen LogP contribution in [0.5, 0.6) is 0 Å². The molecule has 1 aromatic carbocycles. The molecule has 0 radical (unpaired) electrons. The number of fused-ring (bicyclic) bond motifs is 1. The Hall–Kier alpha value is -1.39. The zero-order chi connectivity index (χ0) is 13.9. The van der Waals surface area contributed by atoms with E-state index < -0.39 is 0 Å². The van der Waals surface area contributed by atoms with Crippen LogP contribution in [-0.4, -0.2) is 24.2 Å². The van der Waals surface area contributed by atoms with Crippen molar-refractivity contribution in [2.24, 2.45) is 5.73 Å². The second kappa shape index (κ2) is 5.94. The van der Waals surface area contributed by atoms with Crippen LogP contribution in [0.1, 0.15) is 37.7 Å². The second-order valence-corrected chi connectivity index (χ2v) is 5.86. The molecule has 4 nitrogen and oxygen atoms in total. The first-order chi connectivity index (χ1) is 9.72. The topological polar surface area (TPSA) is 64.3 Å². The molecule has 3 N–H and O–H groups in total. The van der Waals surface area contributed by atoms with Gasteiger partial charge in [-0.05, 0) is 50.2 Å². The third-order valence-electron chi connectivity index (χ3n) is 4.27. The smallest absolute Gasteiger partial charge is 0.253 e. The van der Waals surface area contributed by atoms with Crippen molar-refractivity contribution in [2.45, 2.75) is 56.8 Å². The van der Waals surface area contributed by atoms with Crippen LogP contribution in [0, 0.1) is 0 Å². The fraction of sp³-hybridized carbons (Fsp3) is 0.562. The number of carbonyl (C=O) groups is 1. The van der Waals surface area contributed by atoms with Gasteiger partial charge in [-0.1, -0.05) is 18.2 Å². The first kappa shape index (κ1) is 13.6. The highest BCUT2D eigenvalue weighted by Gasteiger charge is 2.29. The van der Waals surface area contributed by atoms with E-state index in [4.69, 9.17) is 10.5 Å². The quantitative estimate of drug-likeness (QED) is 0.869. The third-order valence-corrected chi connectivity index (χ3v) is 4.27. The molecule has 4 heteroatoms. The molecular formula is C16H22N2O2. The Morgan fingerprint density at radius 3 is 2.90 bits per heavy atom. The van der Waals surface area contributed by atoms with Gasteiger partial charge in [0, 0.05) is 11.7 Å². The van der Waals surface area contributed by atoms with Crippen molar-refractivity contribution in [1.82, 2.24) is 0 Å². The van der Waals surface area contributed by atoms with E-state index in [0.29, 0.717) is 0 Å². The lowest BCUT2D eigenvalue weighted by Gasteiger charge is -2.29. The van der Waals surface area contributed by atoms with Gasteiger partial charge in [0.15, 0.2) is 0 Å². The highest BCUT2D eigenvalue weighted by molar-refractivity contribution is 5.95. The van der Waals surface area contributed by atoms with E-state index in [1.54, 1.807) is 0 Å². The van der Waals surface area contributed by atoms with Gasteiger partial charge in [0.25, 0.3) is 5.91 Å². The summed E-state index contributed by atoms with van der Waals surface area (Å²) in [6.07, 6.45) is 5.46. The highest BCUT2D eigenvalue weighted by Crippen LogP contribution is 2.26. The number of anilines is 1. The number of carbonyl (C=O) groups excluding carboxylic acids is 1. The number of rotatable bonds is 2. The first-order valence-electron chi connectivity index (χ1n) is 7.52. The van der Waals surface area contributed by atoms with Gasteiger partial charge >= 0.3 is 0 Å². The molecule has 1 amide bonds. The van der Waals surface area contributed by atoms with Crippen LogP contribution < -0.4 is 11.1 Å². The van der Waals surface area contributed by atoms with Crippen LogP contribution in [0.2, 0.25) is 0 Å². The minimum Gasteiger partial charge on any atom is -0.365 e. The Morgan fingerprint density at radius 2 is 2.05 bits per heavy atom. The van der Waals surface area contributed by atoms with Gasteiger partial charge in [-0.2, -0.15) is 0 Å². The van der Waals surface area contributed by atoms with E-state index in [0.717, 1.165) is 44.2 Å². The molecule has 1 aliphatic carbocycles. The van der Waals surface area contributed by atoms with Crippen molar-refractivity contribution in [3.05, 3.63) is 29.8 Å². The maximum atomic E-state index is 12.3. The van der Waals surface area contributed by atoms with Gasteiger partial charge in [0.05, 0.1) is 6.10 Å². The van der Waals surface area contributed by atoms with E-state index in [2.05, 4.69) is 11.4 Å². The maximum Gasteiger partial charge on any atom is 0.253 e. The predicted octanol–water partition coefficient (Wildman–Crippen LogP) is 2.23. The summed E-state index contributed by atoms with van der Waals surface area (Å²) in [4.78, 5) is 12.3. The summed E-state index contributed by atoms with van der Waals surface area (Å²) < 4.78 is 6.03. The molecule has 108 valence electrons. The number of nitrogens with one attached hydrogen (secondary N) is 1. The molecule has 20 heavy (non-hydrogen) atoms. The summed E-state index contributed by atoms with van der Waals surface area (Å²) in [5, 5.41) is 2.98. The normalized spacial score (nSPS) is 30.2. The van der Waals surface area contributed by atoms with Gasteiger partial charge < -0.3 is 15.8 Å². The summed E-state index contributed by atoms with van der Waals surface area (Å²) in [5.41, 5.74) is 8.09. The highest BCUT2D eigenvalue weighted by atomic mass is 16.5. The Labute approximate surface area is 119 Å². The fourth-order valence-electron chi connectivity index (χ4n) is 3.16. The van der Waals surface area contributed by atoms with Crippen molar-refractivity contribution in [1.29, 1.82) is 0 Å². The first-order valence-corrected chi connectivity index (χ1v) is 7.52. The Morgan fingerprint density at radius 1 is 1.20 bits per heavy atom. The predicted molar refractivity (Wildman–Crippen MR) is 78.5 cm³/mol. The van der Waals surface area contributed by atoms with Gasteiger partial charge in [-0.3, -0.25) is 4.79 Å². The zero-order valence-electron chi connectivity index (χ0n) is 11.7. The standard InChI is InChI=1S/C16H22N2O2/c17-12-5-3-6-13(10-12)20-15-9-8-11-4-1-2-7-14(11)18-16(15)19/h1-2,4,7,12-13,15H,3,5-6,8-10,17H2,(H,18,19). The molecule has 1 saturated carbocycles. The van der Waals surface area contributed by atoms with Crippen molar-refractivity contribution in [2.75, 3.05) is 5.32 Å². The van der Waals surface area contributed by atoms with Crippen molar-refractivity contribution in [3.63, 3.8) is 0 Å². The van der Waals surface area contributed by atoms with E-state index in [1.165, 1.54) is 5.56 Å². The van der Waals surface area contributed by atoms with Crippen LogP contribution in [0.25, 0.3) is 0 Å². The maximum absolute atomic E-state index is 12.3. The summed E-state index contributed by atoms with van der Waals surface area (Å²) in [5.74, 6) is -0.0194. The Bertz CT molecular complexity index is 489. The number of nitrogens with two attached hydrogens (primary N) is 1. The molecule has 1 aromatic rings. The number of hydrogen-bond acceptors (Lipinski definition) is 3. The van der Waals surface area contributed by atoms with Gasteiger partial charge in [-0.25, -0.2) is 0 Å². The number of amides is 1. The molecule has 1 heterocycles. The van der Waals surface area contributed by atoms with Crippen LogP contribution in [0.3, 0.4) is 0 Å². The van der Waals surface area contributed by atoms with Crippen molar-refractivity contribution >= 4 is 11.6 Å². The number of ether oxygens (including phenoxy) is 1. The lowest BCUT2D eigenvalue weighted by atomic mass is 9.93. The van der Waals surface area contributed by atoms with Crippen molar-refractivity contribution in [3.8, 4) is 0 Å². The zero-order valence-corrected chi connectivity index (χ0v) is 11.7. The monoisotopic (exact) mass is 274 g/mol. The summed E-state index contributed by atoms with van der Waals surface area (Å²) >= 11 is 0. The van der Waals surface area contributed by atoms with E-state index in [-0.39, 0.29) is 24.2 Å². The molecule has 0 spiro atoms. The SMILES string of the molecule is NC1CCCC(OC2CCc3ccccc3NC2=O)C1. The second-order valence-electron chi connectivity index (χ2n) is 5.86. The van der Waals surface area contributed by atoms with Crippen LogP contribution in [0.4, 0.5) is 5.69 Å². The minimum atomic E-state index is -0.349. The van der Waals surface area contributed by atoms with Crippen LogP contribution in [0.15, 0.2) is 24.3 Å². The molecular weight excluding hydrogens is 252 g/mol.